The lowest BCUT2D eigenvalue weighted by molar-refractivity contribution is -0.117. The minimum absolute atomic E-state index is 0.0218. The third-order valence-corrected chi connectivity index (χ3v) is 5.43. The van der Waals surface area contributed by atoms with E-state index in [2.05, 4.69) is 10.2 Å². The molecule has 0 saturated carbocycles. The highest BCUT2D eigenvalue weighted by Crippen LogP contribution is 2.26. The molecule has 0 bridgehead atoms. The lowest BCUT2D eigenvalue weighted by atomic mass is 10.0. The monoisotopic (exact) mass is 392 g/mol. The molecule has 29 heavy (non-hydrogen) atoms. The zero-order valence-electron chi connectivity index (χ0n) is 16.2. The lowest BCUT2D eigenvalue weighted by Gasteiger charge is -2.35. The number of anilines is 2. The molecular formula is C22H24N4O3. The zero-order valence-corrected chi connectivity index (χ0v) is 16.2. The second-order valence-electron chi connectivity index (χ2n) is 7.40. The van der Waals surface area contributed by atoms with Crippen molar-refractivity contribution in [2.45, 2.75) is 18.9 Å². The van der Waals surface area contributed by atoms with E-state index in [0.29, 0.717) is 12.2 Å². The fraction of sp³-hybridized carbons (Fsp3) is 0.318. The molecule has 0 unspecified atom stereocenters. The predicted octanol–water partition coefficient (Wildman–Crippen LogP) is 2.56. The van der Waals surface area contributed by atoms with E-state index in [0.717, 1.165) is 31.6 Å². The van der Waals surface area contributed by atoms with E-state index in [1.807, 2.05) is 48.5 Å². The molecule has 0 radical (unpaired) electrons. The van der Waals surface area contributed by atoms with Crippen molar-refractivity contribution in [1.82, 2.24) is 9.80 Å². The van der Waals surface area contributed by atoms with Crippen LogP contribution >= 0.6 is 0 Å². The molecule has 2 saturated heterocycles. The van der Waals surface area contributed by atoms with Gasteiger partial charge in [-0.05, 0) is 37.1 Å². The highest BCUT2D eigenvalue weighted by Gasteiger charge is 2.41. The van der Waals surface area contributed by atoms with Gasteiger partial charge in [-0.1, -0.05) is 36.4 Å². The van der Waals surface area contributed by atoms with Crippen LogP contribution in [-0.2, 0) is 9.59 Å². The summed E-state index contributed by atoms with van der Waals surface area (Å²) in [4.78, 5) is 42.5. The molecule has 2 aromatic carbocycles. The van der Waals surface area contributed by atoms with Gasteiger partial charge in [0.05, 0.1) is 12.2 Å². The summed E-state index contributed by atoms with van der Waals surface area (Å²) < 4.78 is 0. The van der Waals surface area contributed by atoms with Gasteiger partial charge in [0.25, 0.3) is 5.91 Å². The summed E-state index contributed by atoms with van der Waals surface area (Å²) in [6, 6.07) is 18.2. The number of urea groups is 1. The maximum Gasteiger partial charge on any atom is 0.332 e. The van der Waals surface area contributed by atoms with Crippen molar-refractivity contribution in [3.05, 3.63) is 60.7 Å². The molecule has 2 aromatic rings. The molecule has 7 nitrogen and oxygen atoms in total. The summed E-state index contributed by atoms with van der Waals surface area (Å²) in [6.07, 6.45) is 1.50. The predicted molar refractivity (Wildman–Crippen MR) is 111 cm³/mol. The summed E-state index contributed by atoms with van der Waals surface area (Å²) in [6.45, 7) is 1.88. The second-order valence-corrected chi connectivity index (χ2v) is 7.40. The minimum atomic E-state index is -0.249. The third kappa shape index (κ3) is 4.30. The highest BCUT2D eigenvalue weighted by molar-refractivity contribution is 6.19. The molecule has 0 aliphatic carbocycles. The Balaban J connectivity index is 1.30. The summed E-state index contributed by atoms with van der Waals surface area (Å²) in [5.74, 6) is -0.233. The van der Waals surface area contributed by atoms with E-state index in [4.69, 9.17) is 0 Å². The Hall–Kier alpha value is -3.19. The molecule has 1 N–H and O–H groups in total. The first-order chi connectivity index (χ1) is 14.1. The lowest BCUT2D eigenvalue weighted by Crippen LogP contribution is -2.48. The first-order valence-electron chi connectivity index (χ1n) is 9.87. The Morgan fingerprint density at radius 1 is 0.931 bits per heavy atom. The van der Waals surface area contributed by atoms with E-state index in [-0.39, 0.29) is 30.4 Å². The van der Waals surface area contributed by atoms with Crippen molar-refractivity contribution in [3.63, 3.8) is 0 Å². The number of piperidine rings is 1. The van der Waals surface area contributed by atoms with Gasteiger partial charge in [-0.2, -0.15) is 0 Å². The third-order valence-electron chi connectivity index (χ3n) is 5.43. The van der Waals surface area contributed by atoms with Gasteiger partial charge in [0.15, 0.2) is 0 Å². The number of para-hydroxylation sites is 2. The molecule has 4 amide bonds. The Morgan fingerprint density at radius 3 is 2.21 bits per heavy atom. The number of amides is 4. The van der Waals surface area contributed by atoms with E-state index >= 15 is 0 Å². The number of imide groups is 1. The number of carbonyl (C=O) groups excluding carboxylic acids is 3. The summed E-state index contributed by atoms with van der Waals surface area (Å²) in [5, 5.41) is 2.90. The van der Waals surface area contributed by atoms with Crippen LogP contribution in [0.25, 0.3) is 0 Å². The fourth-order valence-electron chi connectivity index (χ4n) is 3.95. The van der Waals surface area contributed by atoms with Crippen LogP contribution in [0, 0.1) is 0 Å². The second kappa shape index (κ2) is 8.45. The number of likely N-dealkylation sites (tertiary alicyclic amines) is 1. The number of nitrogens with one attached hydrogen (secondary N) is 1. The molecule has 2 heterocycles. The van der Waals surface area contributed by atoms with Gasteiger partial charge >= 0.3 is 6.03 Å². The molecule has 2 aliphatic heterocycles. The van der Waals surface area contributed by atoms with Gasteiger partial charge in [0.1, 0.15) is 6.54 Å². The highest BCUT2D eigenvalue weighted by atomic mass is 16.2. The van der Waals surface area contributed by atoms with Crippen LogP contribution in [0.5, 0.6) is 0 Å². The molecule has 150 valence electrons. The SMILES string of the molecule is O=C(CN1CCC(N2CC(=O)N(c3ccccc3)C2=O)CC1)Nc1ccccc1. The van der Waals surface area contributed by atoms with E-state index < -0.39 is 0 Å². The number of benzene rings is 2. The molecule has 0 spiro atoms. The van der Waals surface area contributed by atoms with Crippen molar-refractivity contribution in [2.24, 2.45) is 0 Å². The van der Waals surface area contributed by atoms with Crippen molar-refractivity contribution in [3.8, 4) is 0 Å². The number of nitrogens with zero attached hydrogens (tertiary/aromatic N) is 3. The van der Waals surface area contributed by atoms with Crippen molar-refractivity contribution in [1.29, 1.82) is 0 Å². The van der Waals surface area contributed by atoms with Gasteiger partial charge in [0, 0.05) is 24.8 Å². The largest absolute Gasteiger partial charge is 0.332 e. The van der Waals surface area contributed by atoms with Gasteiger partial charge in [0.2, 0.25) is 5.91 Å². The average Bonchev–Trinajstić information content (AvgIpc) is 3.04. The maximum atomic E-state index is 12.8. The maximum absolute atomic E-state index is 12.8. The zero-order chi connectivity index (χ0) is 20.2. The van der Waals surface area contributed by atoms with Crippen LogP contribution in [0.2, 0.25) is 0 Å². The molecular weight excluding hydrogens is 368 g/mol. The first kappa shape index (κ1) is 19.1. The molecule has 4 rings (SSSR count). The minimum Gasteiger partial charge on any atom is -0.325 e. The topological polar surface area (TPSA) is 73.0 Å². The van der Waals surface area contributed by atoms with Crippen LogP contribution < -0.4 is 10.2 Å². The van der Waals surface area contributed by atoms with Gasteiger partial charge in [-0.15, -0.1) is 0 Å². The Bertz CT molecular complexity index is 879. The van der Waals surface area contributed by atoms with E-state index in [1.54, 1.807) is 17.0 Å². The number of rotatable bonds is 5. The quantitative estimate of drug-likeness (QED) is 0.794. The number of hydrogen-bond acceptors (Lipinski definition) is 4. The standard InChI is InChI=1S/C22H24N4O3/c27-20(23-17-7-3-1-4-8-17)15-24-13-11-18(12-14-24)25-16-21(28)26(22(25)29)19-9-5-2-6-10-19/h1-10,18H,11-16H2,(H,23,27). The van der Waals surface area contributed by atoms with Gasteiger partial charge < -0.3 is 10.2 Å². The van der Waals surface area contributed by atoms with Gasteiger partial charge in [-0.3, -0.25) is 14.5 Å². The van der Waals surface area contributed by atoms with E-state index in [9.17, 15) is 14.4 Å². The molecule has 0 aromatic heterocycles. The van der Waals surface area contributed by atoms with Crippen LogP contribution in [0.3, 0.4) is 0 Å². The van der Waals surface area contributed by atoms with Crippen LogP contribution in [0.4, 0.5) is 16.2 Å². The van der Waals surface area contributed by atoms with Crippen LogP contribution in [0.15, 0.2) is 60.7 Å². The molecule has 2 aliphatic rings. The molecule has 2 fully saturated rings. The molecule has 7 heteroatoms. The number of carbonyl (C=O) groups is 3. The smallest absolute Gasteiger partial charge is 0.325 e. The normalized spacial score (nSPS) is 18.3. The van der Waals surface area contributed by atoms with Gasteiger partial charge in [-0.25, -0.2) is 9.69 Å². The fourth-order valence-corrected chi connectivity index (χ4v) is 3.95. The summed E-state index contributed by atoms with van der Waals surface area (Å²) in [5.41, 5.74) is 1.40. The summed E-state index contributed by atoms with van der Waals surface area (Å²) >= 11 is 0. The van der Waals surface area contributed by atoms with E-state index in [1.165, 1.54) is 4.90 Å². The first-order valence-corrected chi connectivity index (χ1v) is 9.87. The van der Waals surface area contributed by atoms with Crippen molar-refractivity contribution < 1.29 is 14.4 Å². The van der Waals surface area contributed by atoms with Crippen LogP contribution in [0.1, 0.15) is 12.8 Å². The average molecular weight is 392 g/mol. The van der Waals surface area contributed by atoms with Crippen molar-refractivity contribution >= 4 is 29.2 Å². The Morgan fingerprint density at radius 2 is 1.55 bits per heavy atom. The van der Waals surface area contributed by atoms with Crippen LogP contribution in [-0.4, -0.2) is 59.9 Å². The molecule has 0 atom stereocenters. The number of hydrogen-bond donors (Lipinski definition) is 1. The Labute approximate surface area is 169 Å². The van der Waals surface area contributed by atoms with Crippen molar-refractivity contribution in [2.75, 3.05) is 36.4 Å². The Kier molecular flexibility index (Phi) is 5.57. The summed E-state index contributed by atoms with van der Waals surface area (Å²) in [7, 11) is 0.